The molecule has 0 aliphatic carbocycles. The number of anilines is 1. The van der Waals surface area contributed by atoms with Gasteiger partial charge in [0.1, 0.15) is 10.6 Å². The highest BCUT2D eigenvalue weighted by Crippen LogP contribution is 2.27. The molecule has 6 heteroatoms. The molecule has 0 bridgehead atoms. The van der Waals surface area contributed by atoms with Gasteiger partial charge in [0, 0.05) is 22.3 Å². The van der Waals surface area contributed by atoms with Crippen molar-refractivity contribution in [2.24, 2.45) is 0 Å². The van der Waals surface area contributed by atoms with Gasteiger partial charge in [0.05, 0.1) is 0 Å². The first-order valence-corrected chi connectivity index (χ1v) is 10.6. The van der Waals surface area contributed by atoms with Crippen LogP contribution in [0, 0.1) is 13.8 Å². The van der Waals surface area contributed by atoms with Crippen LogP contribution >= 0.6 is 15.9 Å². The van der Waals surface area contributed by atoms with Crippen molar-refractivity contribution in [3.05, 3.63) is 87.9 Å². The van der Waals surface area contributed by atoms with Crippen molar-refractivity contribution in [3.8, 4) is 5.75 Å². The SMILES string of the molecule is Cc1ccc(S(=O)(=O)Oc2ccc(Br)cc2CNc2cccc(C)c2)cc1. The number of benzene rings is 3. The summed E-state index contributed by atoms with van der Waals surface area (Å²) in [6.45, 7) is 4.36. The van der Waals surface area contributed by atoms with Crippen molar-refractivity contribution in [2.45, 2.75) is 25.3 Å². The Morgan fingerprint density at radius 1 is 0.926 bits per heavy atom. The van der Waals surface area contributed by atoms with Crippen molar-refractivity contribution >= 4 is 31.7 Å². The highest BCUT2D eigenvalue weighted by molar-refractivity contribution is 9.10. The van der Waals surface area contributed by atoms with E-state index in [-0.39, 0.29) is 4.90 Å². The van der Waals surface area contributed by atoms with Crippen LogP contribution in [0.3, 0.4) is 0 Å². The Bertz CT molecular complexity index is 1050. The van der Waals surface area contributed by atoms with Crippen LogP contribution in [0.1, 0.15) is 16.7 Å². The van der Waals surface area contributed by atoms with E-state index in [1.165, 1.54) is 0 Å². The molecule has 3 aromatic rings. The van der Waals surface area contributed by atoms with Crippen molar-refractivity contribution in [1.82, 2.24) is 0 Å². The molecule has 0 saturated heterocycles. The first-order chi connectivity index (χ1) is 12.8. The van der Waals surface area contributed by atoms with E-state index in [4.69, 9.17) is 4.18 Å². The lowest BCUT2D eigenvalue weighted by molar-refractivity contribution is 0.483. The van der Waals surface area contributed by atoms with E-state index in [1.54, 1.807) is 36.4 Å². The summed E-state index contributed by atoms with van der Waals surface area (Å²) in [7, 11) is -3.90. The van der Waals surface area contributed by atoms with E-state index < -0.39 is 10.1 Å². The molecule has 0 unspecified atom stereocenters. The average molecular weight is 446 g/mol. The molecule has 0 spiro atoms. The molecular formula is C21H20BrNO3S. The second kappa shape index (κ2) is 8.15. The Hall–Kier alpha value is -2.31. The van der Waals surface area contributed by atoms with Crippen LogP contribution in [0.15, 0.2) is 76.1 Å². The Labute approximate surface area is 168 Å². The molecule has 0 heterocycles. The summed E-state index contributed by atoms with van der Waals surface area (Å²) in [5, 5.41) is 3.31. The summed E-state index contributed by atoms with van der Waals surface area (Å²) in [4.78, 5) is 0.133. The second-order valence-electron chi connectivity index (χ2n) is 6.33. The standard InChI is InChI=1S/C21H20BrNO3S/c1-15-6-9-20(10-7-15)27(24,25)26-21-11-8-18(22)13-17(21)14-23-19-5-3-4-16(2)12-19/h3-13,23H,14H2,1-2H3. The third-order valence-electron chi connectivity index (χ3n) is 4.03. The highest BCUT2D eigenvalue weighted by atomic mass is 79.9. The lowest BCUT2D eigenvalue weighted by Crippen LogP contribution is -2.12. The van der Waals surface area contributed by atoms with Crippen LogP contribution in [0.4, 0.5) is 5.69 Å². The number of hydrogen-bond acceptors (Lipinski definition) is 4. The maximum atomic E-state index is 12.6. The van der Waals surface area contributed by atoms with Crippen LogP contribution in [0.2, 0.25) is 0 Å². The van der Waals surface area contributed by atoms with Crippen molar-refractivity contribution in [1.29, 1.82) is 0 Å². The first kappa shape index (κ1) is 19.5. The molecule has 27 heavy (non-hydrogen) atoms. The molecule has 0 aromatic heterocycles. The average Bonchev–Trinajstić information content (AvgIpc) is 2.62. The minimum absolute atomic E-state index is 0.133. The molecule has 0 aliphatic heterocycles. The number of rotatable bonds is 6. The van der Waals surface area contributed by atoms with Gasteiger partial charge in [-0.1, -0.05) is 45.8 Å². The summed E-state index contributed by atoms with van der Waals surface area (Å²) in [6.07, 6.45) is 0. The monoisotopic (exact) mass is 445 g/mol. The zero-order valence-corrected chi connectivity index (χ0v) is 17.5. The smallest absolute Gasteiger partial charge is 0.339 e. The van der Waals surface area contributed by atoms with Gasteiger partial charge >= 0.3 is 10.1 Å². The third-order valence-corrected chi connectivity index (χ3v) is 5.77. The fourth-order valence-electron chi connectivity index (χ4n) is 2.59. The molecular weight excluding hydrogens is 426 g/mol. The minimum Gasteiger partial charge on any atom is -0.381 e. The zero-order valence-electron chi connectivity index (χ0n) is 15.1. The Balaban J connectivity index is 1.84. The lowest BCUT2D eigenvalue weighted by atomic mass is 10.2. The first-order valence-electron chi connectivity index (χ1n) is 8.44. The van der Waals surface area contributed by atoms with Crippen LogP contribution in [-0.4, -0.2) is 8.42 Å². The topological polar surface area (TPSA) is 55.4 Å². The molecule has 0 radical (unpaired) electrons. The second-order valence-corrected chi connectivity index (χ2v) is 8.79. The Morgan fingerprint density at radius 3 is 2.37 bits per heavy atom. The summed E-state index contributed by atoms with van der Waals surface area (Å²) in [5.74, 6) is 0.305. The van der Waals surface area contributed by atoms with E-state index in [2.05, 4.69) is 21.2 Å². The molecule has 4 nitrogen and oxygen atoms in total. The maximum Gasteiger partial charge on any atom is 0.339 e. The van der Waals surface area contributed by atoms with Gasteiger partial charge in [-0.2, -0.15) is 8.42 Å². The van der Waals surface area contributed by atoms with E-state index in [9.17, 15) is 8.42 Å². The maximum absolute atomic E-state index is 12.6. The molecule has 3 rings (SSSR count). The number of nitrogens with one attached hydrogen (secondary N) is 1. The predicted octanol–water partition coefficient (Wildman–Crippen LogP) is 5.45. The van der Waals surface area contributed by atoms with Gasteiger partial charge < -0.3 is 9.50 Å². The van der Waals surface area contributed by atoms with Crippen LogP contribution in [-0.2, 0) is 16.7 Å². The Kier molecular flexibility index (Phi) is 5.87. The van der Waals surface area contributed by atoms with Crippen LogP contribution in [0.25, 0.3) is 0 Å². The quantitative estimate of drug-likeness (QED) is 0.512. The van der Waals surface area contributed by atoms with Gasteiger partial charge in [-0.05, 0) is 61.9 Å². The van der Waals surface area contributed by atoms with Crippen LogP contribution < -0.4 is 9.50 Å². The van der Waals surface area contributed by atoms with Crippen molar-refractivity contribution in [3.63, 3.8) is 0 Å². The van der Waals surface area contributed by atoms with Gasteiger partial charge in [0.15, 0.2) is 0 Å². The van der Waals surface area contributed by atoms with Gasteiger partial charge in [0.2, 0.25) is 0 Å². The molecule has 0 fully saturated rings. The fraction of sp³-hybridized carbons (Fsp3) is 0.143. The van der Waals surface area contributed by atoms with Gasteiger partial charge in [0.25, 0.3) is 0 Å². The highest BCUT2D eigenvalue weighted by Gasteiger charge is 2.18. The lowest BCUT2D eigenvalue weighted by Gasteiger charge is -2.14. The van der Waals surface area contributed by atoms with Crippen molar-refractivity contribution in [2.75, 3.05) is 5.32 Å². The summed E-state index contributed by atoms with van der Waals surface area (Å²) in [5.41, 5.74) is 3.83. The summed E-state index contributed by atoms with van der Waals surface area (Å²) in [6, 6.07) is 19.8. The fourth-order valence-corrected chi connectivity index (χ4v) is 3.96. The Morgan fingerprint density at radius 2 is 1.67 bits per heavy atom. The molecule has 0 atom stereocenters. The number of aryl methyl sites for hydroxylation is 2. The summed E-state index contributed by atoms with van der Waals surface area (Å²) >= 11 is 3.43. The van der Waals surface area contributed by atoms with Gasteiger partial charge in [-0.15, -0.1) is 0 Å². The summed E-state index contributed by atoms with van der Waals surface area (Å²) < 4.78 is 31.5. The van der Waals surface area contributed by atoms with E-state index >= 15 is 0 Å². The predicted molar refractivity (Wildman–Crippen MR) is 112 cm³/mol. The van der Waals surface area contributed by atoms with E-state index in [1.807, 2.05) is 44.2 Å². The van der Waals surface area contributed by atoms with Crippen LogP contribution in [0.5, 0.6) is 5.75 Å². The van der Waals surface area contributed by atoms with Gasteiger partial charge in [-0.25, -0.2) is 0 Å². The van der Waals surface area contributed by atoms with E-state index in [0.717, 1.165) is 26.9 Å². The largest absolute Gasteiger partial charge is 0.381 e. The molecule has 0 saturated carbocycles. The van der Waals surface area contributed by atoms with Crippen molar-refractivity contribution < 1.29 is 12.6 Å². The zero-order chi connectivity index (χ0) is 19.4. The molecule has 0 aliphatic rings. The van der Waals surface area contributed by atoms with E-state index in [0.29, 0.717) is 12.3 Å². The number of hydrogen-bond donors (Lipinski definition) is 1. The molecule has 3 aromatic carbocycles. The number of halogens is 1. The van der Waals surface area contributed by atoms with Gasteiger partial charge in [-0.3, -0.25) is 0 Å². The molecule has 1 N–H and O–H groups in total. The minimum atomic E-state index is -3.90. The third kappa shape index (κ3) is 5.11. The normalized spacial score (nSPS) is 11.2. The molecule has 0 amide bonds. The molecule has 140 valence electrons.